The summed E-state index contributed by atoms with van der Waals surface area (Å²) in [6, 6.07) is 12.8. The Bertz CT molecular complexity index is 220. The summed E-state index contributed by atoms with van der Waals surface area (Å²) in [5.74, 6) is 0. The summed E-state index contributed by atoms with van der Waals surface area (Å²) < 4.78 is 15.5. The average molecular weight is 257 g/mol. The van der Waals surface area contributed by atoms with Gasteiger partial charge in [0.25, 0.3) is 0 Å². The fraction of sp³-hybridized carbons (Fsp3) is 0.500. The van der Waals surface area contributed by atoms with Gasteiger partial charge < -0.3 is 19.0 Å². The Morgan fingerprint density at radius 3 is 1.41 bits per heavy atom. The van der Waals surface area contributed by atoms with Gasteiger partial charge in [0.05, 0.1) is 0 Å². The lowest BCUT2D eigenvalue weighted by Crippen LogP contribution is -2.42. The van der Waals surface area contributed by atoms with Gasteiger partial charge in [0, 0.05) is 27.4 Å². The molecule has 4 nitrogen and oxygen atoms in total. The van der Waals surface area contributed by atoms with Gasteiger partial charge in [-0.1, -0.05) is 36.4 Å². The molecular weight excluding hydrogens is 234 g/mol. The zero-order valence-corrected chi connectivity index (χ0v) is 11.9. The van der Waals surface area contributed by atoms with Crippen molar-refractivity contribution < 1.29 is 13.3 Å². The highest BCUT2D eigenvalue weighted by molar-refractivity contribution is 6.60. The van der Waals surface area contributed by atoms with Crippen molar-refractivity contribution in [2.24, 2.45) is 5.73 Å². The molecule has 5 heteroatoms. The van der Waals surface area contributed by atoms with E-state index >= 15 is 0 Å². The molecule has 0 saturated heterocycles. The fourth-order valence-electron chi connectivity index (χ4n) is 1.26. The summed E-state index contributed by atoms with van der Waals surface area (Å²) >= 11 is 0. The highest BCUT2D eigenvalue weighted by Gasteiger charge is 2.36. The Kier molecular flexibility index (Phi) is 9.99. The Hall–Kier alpha value is -0.723. The van der Waals surface area contributed by atoms with Gasteiger partial charge in [-0.3, -0.25) is 0 Å². The summed E-state index contributed by atoms with van der Waals surface area (Å²) in [5.41, 5.74) is 5.36. The van der Waals surface area contributed by atoms with Crippen LogP contribution in [-0.4, -0.2) is 36.7 Å². The first kappa shape index (κ1) is 16.3. The number of nitrogens with two attached hydrogens (primary N) is 1. The van der Waals surface area contributed by atoms with Crippen molar-refractivity contribution in [3.05, 3.63) is 36.4 Å². The summed E-state index contributed by atoms with van der Waals surface area (Å²) in [4.78, 5) is 0. The van der Waals surface area contributed by atoms with Crippen LogP contribution in [0.1, 0.15) is 6.42 Å². The molecule has 1 aromatic carbocycles. The maximum Gasteiger partial charge on any atom is 0.500 e. The molecule has 0 bridgehead atoms. The second kappa shape index (κ2) is 10.4. The van der Waals surface area contributed by atoms with Crippen molar-refractivity contribution >= 4 is 8.80 Å². The molecule has 0 aliphatic heterocycles. The molecular formula is C12H23NO3Si. The van der Waals surface area contributed by atoms with E-state index in [4.69, 9.17) is 19.0 Å². The van der Waals surface area contributed by atoms with E-state index in [-0.39, 0.29) is 0 Å². The Morgan fingerprint density at radius 2 is 1.18 bits per heavy atom. The zero-order valence-electron chi connectivity index (χ0n) is 10.9. The molecule has 98 valence electrons. The molecule has 0 aliphatic rings. The fourth-order valence-corrected chi connectivity index (χ4v) is 3.01. The summed E-state index contributed by atoms with van der Waals surface area (Å²) in [6.45, 7) is 0.644. The van der Waals surface area contributed by atoms with Crippen LogP contribution in [0.3, 0.4) is 0 Å². The SMILES string of the molecule is CO[Si](CCCN)(OC)OC.c1ccccc1. The second-order valence-corrected chi connectivity index (χ2v) is 6.43. The Labute approximate surface area is 105 Å². The van der Waals surface area contributed by atoms with Crippen molar-refractivity contribution in [2.75, 3.05) is 27.9 Å². The van der Waals surface area contributed by atoms with Crippen LogP contribution in [0, 0.1) is 0 Å². The molecule has 0 aliphatic carbocycles. The van der Waals surface area contributed by atoms with Crippen LogP contribution in [0.5, 0.6) is 0 Å². The number of hydrogen-bond acceptors (Lipinski definition) is 4. The summed E-state index contributed by atoms with van der Waals surface area (Å²) in [7, 11) is 2.50. The van der Waals surface area contributed by atoms with Crippen molar-refractivity contribution in [3.63, 3.8) is 0 Å². The van der Waals surface area contributed by atoms with Crippen LogP contribution in [0.25, 0.3) is 0 Å². The van der Waals surface area contributed by atoms with Crippen molar-refractivity contribution in [3.8, 4) is 0 Å². The van der Waals surface area contributed by atoms with E-state index in [2.05, 4.69) is 0 Å². The third kappa shape index (κ3) is 7.25. The van der Waals surface area contributed by atoms with Gasteiger partial charge in [-0.05, 0) is 13.0 Å². The predicted molar refractivity (Wildman–Crippen MR) is 71.7 cm³/mol. The molecule has 0 fully saturated rings. The van der Waals surface area contributed by atoms with Crippen LogP contribution < -0.4 is 5.73 Å². The molecule has 17 heavy (non-hydrogen) atoms. The van der Waals surface area contributed by atoms with E-state index in [1.54, 1.807) is 21.3 Å². The summed E-state index contributed by atoms with van der Waals surface area (Å²) in [5, 5.41) is 0. The molecule has 1 rings (SSSR count). The first-order valence-corrected chi connectivity index (χ1v) is 7.53. The third-order valence-corrected chi connectivity index (χ3v) is 5.12. The van der Waals surface area contributed by atoms with Crippen molar-refractivity contribution in [1.82, 2.24) is 0 Å². The van der Waals surface area contributed by atoms with E-state index in [0.29, 0.717) is 6.54 Å². The van der Waals surface area contributed by atoms with Crippen LogP contribution in [-0.2, 0) is 13.3 Å². The van der Waals surface area contributed by atoms with Gasteiger partial charge in [-0.2, -0.15) is 0 Å². The van der Waals surface area contributed by atoms with Crippen LogP contribution in [0.2, 0.25) is 6.04 Å². The quantitative estimate of drug-likeness (QED) is 0.791. The number of rotatable bonds is 6. The minimum absolute atomic E-state index is 0.644. The lowest BCUT2D eigenvalue weighted by atomic mass is 10.4. The van der Waals surface area contributed by atoms with Gasteiger partial charge in [-0.25, -0.2) is 0 Å². The Balaban J connectivity index is 0.000000354. The first-order chi connectivity index (χ1) is 8.24. The highest BCUT2D eigenvalue weighted by Crippen LogP contribution is 2.13. The first-order valence-electron chi connectivity index (χ1n) is 5.60. The van der Waals surface area contributed by atoms with Gasteiger partial charge in [0.1, 0.15) is 0 Å². The Morgan fingerprint density at radius 1 is 0.824 bits per heavy atom. The van der Waals surface area contributed by atoms with Crippen LogP contribution in [0.4, 0.5) is 0 Å². The molecule has 0 heterocycles. The molecule has 0 unspecified atom stereocenters. The minimum Gasteiger partial charge on any atom is -0.377 e. The lowest BCUT2D eigenvalue weighted by molar-refractivity contribution is 0.123. The zero-order chi connectivity index (χ0) is 13.0. The van der Waals surface area contributed by atoms with Crippen LogP contribution >= 0.6 is 0 Å². The van der Waals surface area contributed by atoms with Crippen LogP contribution in [0.15, 0.2) is 36.4 Å². The molecule has 0 amide bonds. The van der Waals surface area contributed by atoms with E-state index in [1.165, 1.54) is 0 Å². The molecule has 0 spiro atoms. The topological polar surface area (TPSA) is 53.7 Å². The molecule has 1 aromatic rings. The van der Waals surface area contributed by atoms with Gasteiger partial charge in [0.2, 0.25) is 0 Å². The highest BCUT2D eigenvalue weighted by atomic mass is 28.4. The standard InChI is InChI=1S/C6H17NO3Si.C6H6/c1-8-11(9-2,10-3)6-4-5-7;1-2-4-6-5-3-1/h4-7H2,1-3H3;1-6H. The van der Waals surface area contributed by atoms with Gasteiger partial charge >= 0.3 is 8.80 Å². The second-order valence-electron chi connectivity index (χ2n) is 3.34. The maximum atomic E-state index is 5.36. The number of hydrogen-bond donors (Lipinski definition) is 1. The largest absolute Gasteiger partial charge is 0.500 e. The van der Waals surface area contributed by atoms with E-state index in [0.717, 1.165) is 12.5 Å². The van der Waals surface area contributed by atoms with Crippen molar-refractivity contribution in [1.29, 1.82) is 0 Å². The molecule has 0 aromatic heterocycles. The summed E-state index contributed by atoms with van der Waals surface area (Å²) in [6.07, 6.45) is 0.877. The van der Waals surface area contributed by atoms with Gasteiger partial charge in [0.15, 0.2) is 0 Å². The monoisotopic (exact) mass is 257 g/mol. The predicted octanol–water partition coefficient (Wildman–Crippen LogP) is 1.90. The minimum atomic E-state index is -2.32. The molecule has 2 N–H and O–H groups in total. The smallest absolute Gasteiger partial charge is 0.377 e. The molecule has 0 saturated carbocycles. The maximum absolute atomic E-state index is 5.36. The molecule has 0 radical (unpaired) electrons. The third-order valence-electron chi connectivity index (χ3n) is 2.29. The number of benzene rings is 1. The van der Waals surface area contributed by atoms with E-state index in [9.17, 15) is 0 Å². The normalized spacial score (nSPS) is 10.6. The molecule has 0 atom stereocenters. The average Bonchev–Trinajstić information content (AvgIpc) is 2.44. The van der Waals surface area contributed by atoms with Gasteiger partial charge in [-0.15, -0.1) is 0 Å². The lowest BCUT2D eigenvalue weighted by Gasteiger charge is -2.23. The van der Waals surface area contributed by atoms with E-state index in [1.807, 2.05) is 36.4 Å². The van der Waals surface area contributed by atoms with E-state index < -0.39 is 8.80 Å². The van der Waals surface area contributed by atoms with Crippen molar-refractivity contribution in [2.45, 2.75) is 12.5 Å².